The number of benzene rings is 1. The first kappa shape index (κ1) is 17.5. The lowest BCUT2D eigenvalue weighted by atomic mass is 10.1. The first-order chi connectivity index (χ1) is 9.86. The molecule has 0 aromatic heterocycles. The van der Waals surface area contributed by atoms with Crippen molar-refractivity contribution in [3.8, 4) is 0 Å². The third-order valence-electron chi connectivity index (χ3n) is 3.07. The molecule has 0 heterocycles. The van der Waals surface area contributed by atoms with Gasteiger partial charge < -0.3 is 16.0 Å². The van der Waals surface area contributed by atoms with Crippen molar-refractivity contribution in [2.45, 2.75) is 34.1 Å². The largest absolute Gasteiger partial charge is 0.399 e. The van der Waals surface area contributed by atoms with Gasteiger partial charge in [-0.05, 0) is 30.0 Å². The molecule has 1 amide bonds. The van der Waals surface area contributed by atoms with Crippen LogP contribution in [-0.4, -0.2) is 30.4 Å². The van der Waals surface area contributed by atoms with Gasteiger partial charge in [0.15, 0.2) is 0 Å². The molecule has 118 valence electrons. The number of nitrogens with one attached hydrogen (secondary N) is 1. The van der Waals surface area contributed by atoms with Gasteiger partial charge in [-0.1, -0.05) is 33.8 Å². The molecule has 1 rings (SSSR count). The summed E-state index contributed by atoms with van der Waals surface area (Å²) in [7, 11) is 0. The summed E-state index contributed by atoms with van der Waals surface area (Å²) in [6.45, 7) is 11.7. The van der Waals surface area contributed by atoms with Crippen LogP contribution < -0.4 is 11.1 Å². The van der Waals surface area contributed by atoms with Crippen molar-refractivity contribution >= 4 is 17.3 Å². The van der Waals surface area contributed by atoms with E-state index in [0.717, 1.165) is 25.3 Å². The van der Waals surface area contributed by atoms with E-state index >= 15 is 0 Å². The average molecular weight is 291 g/mol. The van der Waals surface area contributed by atoms with Crippen LogP contribution in [0.3, 0.4) is 0 Å². The van der Waals surface area contributed by atoms with E-state index in [1.165, 1.54) is 0 Å². The highest BCUT2D eigenvalue weighted by Crippen LogP contribution is 2.12. The molecule has 0 saturated carbocycles. The number of hydrogen-bond acceptors (Lipinski definition) is 3. The Bertz CT molecular complexity index is 433. The number of nitrogen functional groups attached to an aromatic ring is 1. The number of anilines is 2. The zero-order valence-corrected chi connectivity index (χ0v) is 13.7. The quantitative estimate of drug-likeness (QED) is 0.723. The summed E-state index contributed by atoms with van der Waals surface area (Å²) in [4.78, 5) is 14.4. The summed E-state index contributed by atoms with van der Waals surface area (Å²) in [6, 6.07) is 7.28. The maximum absolute atomic E-state index is 12.0. The predicted molar refractivity (Wildman–Crippen MR) is 90.2 cm³/mol. The predicted octanol–water partition coefficient (Wildman–Crippen LogP) is 3.21. The highest BCUT2D eigenvalue weighted by molar-refractivity contribution is 5.91. The van der Waals surface area contributed by atoms with Gasteiger partial charge in [0.25, 0.3) is 0 Å². The summed E-state index contributed by atoms with van der Waals surface area (Å²) in [6.07, 6.45) is 0.508. The fourth-order valence-corrected chi connectivity index (χ4v) is 2.39. The van der Waals surface area contributed by atoms with E-state index < -0.39 is 0 Å². The van der Waals surface area contributed by atoms with Crippen molar-refractivity contribution < 1.29 is 4.79 Å². The van der Waals surface area contributed by atoms with Crippen LogP contribution in [0.5, 0.6) is 0 Å². The van der Waals surface area contributed by atoms with Gasteiger partial charge in [0.05, 0.1) is 0 Å². The summed E-state index contributed by atoms with van der Waals surface area (Å²) < 4.78 is 0. The van der Waals surface area contributed by atoms with Crippen LogP contribution in [0.25, 0.3) is 0 Å². The Labute approximate surface area is 128 Å². The number of carbonyl (C=O) groups excluding carboxylic acids is 1. The van der Waals surface area contributed by atoms with Gasteiger partial charge >= 0.3 is 0 Å². The van der Waals surface area contributed by atoms with Crippen LogP contribution >= 0.6 is 0 Å². The fraction of sp³-hybridized carbons (Fsp3) is 0.588. The third kappa shape index (κ3) is 7.71. The van der Waals surface area contributed by atoms with Gasteiger partial charge in [0.2, 0.25) is 5.91 Å². The molecule has 0 fully saturated rings. The van der Waals surface area contributed by atoms with Crippen molar-refractivity contribution in [3.05, 3.63) is 24.3 Å². The van der Waals surface area contributed by atoms with E-state index in [2.05, 4.69) is 37.9 Å². The molecule has 0 saturated heterocycles. The van der Waals surface area contributed by atoms with E-state index in [-0.39, 0.29) is 5.91 Å². The lowest BCUT2D eigenvalue weighted by Crippen LogP contribution is -2.34. The minimum Gasteiger partial charge on any atom is -0.399 e. The molecule has 21 heavy (non-hydrogen) atoms. The third-order valence-corrected chi connectivity index (χ3v) is 3.07. The van der Waals surface area contributed by atoms with E-state index in [4.69, 9.17) is 5.73 Å². The molecule has 0 unspecified atom stereocenters. The summed E-state index contributed by atoms with van der Waals surface area (Å²) in [5, 5.41) is 2.90. The lowest BCUT2D eigenvalue weighted by molar-refractivity contribution is -0.116. The first-order valence-electron chi connectivity index (χ1n) is 7.74. The molecule has 0 radical (unpaired) electrons. The van der Waals surface area contributed by atoms with Crippen molar-refractivity contribution in [2.24, 2.45) is 11.8 Å². The maximum Gasteiger partial charge on any atom is 0.225 e. The van der Waals surface area contributed by atoms with Gasteiger partial charge in [-0.25, -0.2) is 0 Å². The minimum atomic E-state index is 0.0399. The second kappa shape index (κ2) is 8.67. The van der Waals surface area contributed by atoms with Crippen LogP contribution in [0.15, 0.2) is 24.3 Å². The molecule has 0 bridgehead atoms. The van der Waals surface area contributed by atoms with Crippen LogP contribution in [0.4, 0.5) is 11.4 Å². The van der Waals surface area contributed by atoms with Crippen molar-refractivity contribution in [1.29, 1.82) is 0 Å². The number of rotatable bonds is 8. The van der Waals surface area contributed by atoms with Gasteiger partial charge in [0.1, 0.15) is 0 Å². The zero-order valence-electron chi connectivity index (χ0n) is 13.7. The van der Waals surface area contributed by atoms with Crippen molar-refractivity contribution in [3.63, 3.8) is 0 Å². The molecule has 3 N–H and O–H groups in total. The standard InChI is InChI=1S/C17H29N3O/c1-13(2)11-20(12-14(3)4)9-8-17(21)19-16-7-5-6-15(18)10-16/h5-7,10,13-14H,8-9,11-12,18H2,1-4H3,(H,19,21). The van der Waals surface area contributed by atoms with Crippen LogP contribution in [0, 0.1) is 11.8 Å². The number of amides is 1. The number of nitrogens with two attached hydrogens (primary N) is 1. The Morgan fingerprint density at radius 2 is 1.81 bits per heavy atom. The summed E-state index contributed by atoms with van der Waals surface area (Å²) in [5.41, 5.74) is 7.13. The topological polar surface area (TPSA) is 58.4 Å². The number of hydrogen-bond donors (Lipinski definition) is 2. The Kier molecular flexibility index (Phi) is 7.23. The smallest absolute Gasteiger partial charge is 0.225 e. The second-order valence-corrected chi connectivity index (χ2v) is 6.47. The van der Waals surface area contributed by atoms with Crippen LogP contribution in [0.2, 0.25) is 0 Å². The van der Waals surface area contributed by atoms with Crippen molar-refractivity contribution in [2.75, 3.05) is 30.7 Å². The molecule has 0 atom stereocenters. The summed E-state index contributed by atoms with van der Waals surface area (Å²) in [5.74, 6) is 1.26. The maximum atomic E-state index is 12.0. The molecule has 0 spiro atoms. The van der Waals surface area contributed by atoms with Crippen LogP contribution in [-0.2, 0) is 4.79 Å². The normalized spacial score (nSPS) is 11.4. The lowest BCUT2D eigenvalue weighted by Gasteiger charge is -2.25. The van der Waals surface area contributed by atoms with E-state index in [9.17, 15) is 4.79 Å². The molecule has 1 aromatic rings. The molecular weight excluding hydrogens is 262 g/mol. The first-order valence-corrected chi connectivity index (χ1v) is 7.74. The van der Waals surface area contributed by atoms with Gasteiger partial charge in [-0.2, -0.15) is 0 Å². The Morgan fingerprint density at radius 1 is 1.19 bits per heavy atom. The van der Waals surface area contributed by atoms with E-state index in [1.54, 1.807) is 6.07 Å². The Morgan fingerprint density at radius 3 is 2.33 bits per heavy atom. The minimum absolute atomic E-state index is 0.0399. The van der Waals surface area contributed by atoms with Gasteiger partial charge in [-0.3, -0.25) is 4.79 Å². The monoisotopic (exact) mass is 291 g/mol. The SMILES string of the molecule is CC(C)CN(CCC(=O)Nc1cccc(N)c1)CC(C)C. The molecule has 4 nitrogen and oxygen atoms in total. The number of nitrogens with zero attached hydrogens (tertiary/aromatic N) is 1. The number of carbonyl (C=O) groups is 1. The fourth-order valence-electron chi connectivity index (χ4n) is 2.39. The Balaban J connectivity index is 2.45. The molecular formula is C17H29N3O. The molecule has 0 aliphatic heterocycles. The van der Waals surface area contributed by atoms with Crippen LogP contribution in [0.1, 0.15) is 34.1 Å². The van der Waals surface area contributed by atoms with Gasteiger partial charge in [0, 0.05) is 37.4 Å². The molecule has 4 heteroatoms. The Hall–Kier alpha value is -1.55. The average Bonchev–Trinajstić information content (AvgIpc) is 2.34. The summed E-state index contributed by atoms with van der Waals surface area (Å²) >= 11 is 0. The molecule has 0 aliphatic carbocycles. The highest BCUT2D eigenvalue weighted by Gasteiger charge is 2.11. The highest BCUT2D eigenvalue weighted by atomic mass is 16.1. The van der Waals surface area contributed by atoms with Gasteiger partial charge in [-0.15, -0.1) is 0 Å². The van der Waals surface area contributed by atoms with E-state index in [1.807, 2.05) is 18.2 Å². The van der Waals surface area contributed by atoms with E-state index in [0.29, 0.717) is 23.9 Å². The van der Waals surface area contributed by atoms with Crippen molar-refractivity contribution in [1.82, 2.24) is 4.90 Å². The molecule has 1 aromatic carbocycles. The second-order valence-electron chi connectivity index (χ2n) is 6.47. The zero-order chi connectivity index (χ0) is 15.8. The molecule has 0 aliphatic rings.